The van der Waals surface area contributed by atoms with Crippen molar-refractivity contribution < 1.29 is 33.2 Å². The highest BCUT2D eigenvalue weighted by Crippen LogP contribution is 2.33. The third-order valence-corrected chi connectivity index (χ3v) is 9.28. The summed E-state index contributed by atoms with van der Waals surface area (Å²) < 4.78 is 38.5. The van der Waals surface area contributed by atoms with E-state index < -0.39 is 39.3 Å². The van der Waals surface area contributed by atoms with Crippen LogP contribution in [0.4, 0.5) is 5.69 Å². The Labute approximate surface area is 230 Å². The maximum Gasteiger partial charge on any atom is 0.250 e. The van der Waals surface area contributed by atoms with Gasteiger partial charge in [-0.1, -0.05) is 18.2 Å². The number of sulfonamides is 1. The SMILES string of the molecule is N#C/C(=C\c1ccc(-c2ccc3cc(N4CCOCC4)ccc3c2)s1)S(=O)(=O)NC[C@H]1OC[C@H](O)[C@@H](O)[C@@H]1O. The number of fused-ring (bicyclic) bond motifs is 1. The van der Waals surface area contributed by atoms with Crippen LogP contribution in [-0.4, -0.2) is 87.6 Å². The van der Waals surface area contributed by atoms with Gasteiger partial charge in [-0.3, -0.25) is 0 Å². The number of benzene rings is 2. The summed E-state index contributed by atoms with van der Waals surface area (Å²) in [6.07, 6.45) is -3.96. The molecule has 3 heterocycles. The molecule has 2 fully saturated rings. The first-order chi connectivity index (χ1) is 18.7. The summed E-state index contributed by atoms with van der Waals surface area (Å²) in [7, 11) is -4.21. The van der Waals surface area contributed by atoms with Crippen LogP contribution in [0.1, 0.15) is 4.88 Å². The number of rotatable bonds is 7. The lowest BCUT2D eigenvalue weighted by atomic mass is 10.0. The van der Waals surface area contributed by atoms with Gasteiger partial charge in [-0.05, 0) is 52.7 Å². The Hall–Kier alpha value is -2.86. The van der Waals surface area contributed by atoms with Gasteiger partial charge in [0.05, 0.1) is 25.9 Å². The van der Waals surface area contributed by atoms with Gasteiger partial charge in [-0.15, -0.1) is 11.3 Å². The average molecular weight is 572 g/mol. The topological polar surface area (TPSA) is 152 Å². The van der Waals surface area contributed by atoms with Crippen molar-refractivity contribution in [2.45, 2.75) is 24.4 Å². The van der Waals surface area contributed by atoms with E-state index >= 15 is 0 Å². The fourth-order valence-corrected chi connectivity index (χ4v) is 6.57. The molecule has 10 nitrogen and oxygen atoms in total. The van der Waals surface area contributed by atoms with E-state index in [1.807, 2.05) is 12.1 Å². The summed E-state index contributed by atoms with van der Waals surface area (Å²) in [5, 5.41) is 41.1. The van der Waals surface area contributed by atoms with Gasteiger partial charge in [-0.25, -0.2) is 13.1 Å². The van der Waals surface area contributed by atoms with Crippen LogP contribution in [0.2, 0.25) is 0 Å². The van der Waals surface area contributed by atoms with E-state index in [2.05, 4.69) is 40.0 Å². The van der Waals surface area contributed by atoms with Crippen LogP contribution in [0.25, 0.3) is 27.3 Å². The van der Waals surface area contributed by atoms with Gasteiger partial charge in [0.25, 0.3) is 10.0 Å². The molecule has 0 amide bonds. The van der Waals surface area contributed by atoms with Gasteiger partial charge in [0.1, 0.15) is 24.4 Å². The Morgan fingerprint density at radius 1 is 1.08 bits per heavy atom. The van der Waals surface area contributed by atoms with Crippen LogP contribution in [-0.2, 0) is 19.5 Å². The molecule has 12 heteroatoms. The number of ether oxygens (including phenoxy) is 2. The third-order valence-electron chi connectivity index (χ3n) is 6.87. The molecule has 2 aromatic carbocycles. The van der Waals surface area contributed by atoms with Crippen molar-refractivity contribution in [3.8, 4) is 16.5 Å². The first kappa shape index (κ1) is 27.7. The normalized spacial score (nSPS) is 24.6. The van der Waals surface area contributed by atoms with E-state index in [1.54, 1.807) is 12.1 Å². The number of morpholine rings is 1. The molecule has 206 valence electrons. The van der Waals surface area contributed by atoms with Gasteiger partial charge >= 0.3 is 0 Å². The highest BCUT2D eigenvalue weighted by atomic mass is 32.2. The molecule has 0 aliphatic carbocycles. The highest BCUT2D eigenvalue weighted by molar-refractivity contribution is 7.93. The second kappa shape index (κ2) is 11.7. The molecular weight excluding hydrogens is 542 g/mol. The van der Waals surface area contributed by atoms with Crippen molar-refractivity contribution in [3.63, 3.8) is 0 Å². The minimum Gasteiger partial charge on any atom is -0.388 e. The van der Waals surface area contributed by atoms with Crippen molar-refractivity contribution in [1.29, 1.82) is 5.26 Å². The minimum absolute atomic E-state index is 0.243. The molecule has 0 unspecified atom stereocenters. The van der Waals surface area contributed by atoms with Crippen molar-refractivity contribution in [2.24, 2.45) is 0 Å². The fraction of sp³-hybridized carbons (Fsp3) is 0.370. The molecule has 1 aromatic heterocycles. The first-order valence-corrected chi connectivity index (χ1v) is 14.8. The molecular formula is C27H29N3O7S2. The zero-order valence-electron chi connectivity index (χ0n) is 20.9. The molecule has 39 heavy (non-hydrogen) atoms. The Balaban J connectivity index is 1.29. The Morgan fingerprint density at radius 3 is 2.59 bits per heavy atom. The zero-order valence-corrected chi connectivity index (χ0v) is 22.6. The molecule has 2 aliphatic rings. The number of nitriles is 1. The highest BCUT2D eigenvalue weighted by Gasteiger charge is 2.38. The largest absolute Gasteiger partial charge is 0.388 e. The Morgan fingerprint density at radius 2 is 1.82 bits per heavy atom. The molecule has 0 saturated carbocycles. The van der Waals surface area contributed by atoms with Crippen molar-refractivity contribution >= 4 is 43.9 Å². The van der Waals surface area contributed by atoms with E-state index in [0.717, 1.165) is 47.5 Å². The van der Waals surface area contributed by atoms with Gasteiger partial charge < -0.3 is 29.7 Å². The smallest absolute Gasteiger partial charge is 0.250 e. The average Bonchev–Trinajstić information content (AvgIpc) is 3.43. The lowest BCUT2D eigenvalue weighted by Gasteiger charge is -2.35. The van der Waals surface area contributed by atoms with E-state index in [0.29, 0.717) is 4.88 Å². The summed E-state index contributed by atoms with van der Waals surface area (Å²) in [6, 6.07) is 17.9. The Bertz CT molecular complexity index is 1510. The molecule has 2 aliphatic heterocycles. The summed E-state index contributed by atoms with van der Waals surface area (Å²) >= 11 is 1.36. The lowest BCUT2D eigenvalue weighted by molar-refractivity contribution is -0.184. The van der Waals surface area contributed by atoms with Gasteiger partial charge in [-0.2, -0.15) is 5.26 Å². The summed E-state index contributed by atoms with van der Waals surface area (Å²) in [5.74, 6) is 0. The maximum atomic E-state index is 12.8. The van der Waals surface area contributed by atoms with E-state index in [9.17, 15) is 29.0 Å². The number of nitrogens with zero attached hydrogens (tertiary/aromatic N) is 2. The zero-order chi connectivity index (χ0) is 27.6. The molecule has 0 bridgehead atoms. The van der Waals surface area contributed by atoms with Crippen LogP contribution >= 0.6 is 11.3 Å². The van der Waals surface area contributed by atoms with Crippen molar-refractivity contribution in [3.05, 3.63) is 58.3 Å². The molecule has 2 saturated heterocycles. The van der Waals surface area contributed by atoms with E-state index in [4.69, 9.17) is 9.47 Å². The van der Waals surface area contributed by atoms with Gasteiger partial charge in [0.15, 0.2) is 4.91 Å². The summed E-state index contributed by atoms with van der Waals surface area (Å²) in [4.78, 5) is 3.33. The van der Waals surface area contributed by atoms with Crippen LogP contribution in [0, 0.1) is 11.3 Å². The molecule has 0 radical (unpaired) electrons. The number of nitrogens with one attached hydrogen (secondary N) is 1. The number of anilines is 1. The first-order valence-electron chi connectivity index (χ1n) is 12.5. The van der Waals surface area contributed by atoms with Crippen molar-refractivity contribution in [1.82, 2.24) is 4.72 Å². The predicted octanol–water partition coefficient (Wildman–Crippen LogP) is 1.67. The number of thiophene rings is 1. The van der Waals surface area contributed by atoms with E-state index in [1.165, 1.54) is 23.1 Å². The van der Waals surface area contributed by atoms with Crippen LogP contribution in [0.3, 0.4) is 0 Å². The predicted molar refractivity (Wildman–Crippen MR) is 149 cm³/mol. The number of aliphatic hydroxyl groups is 3. The monoisotopic (exact) mass is 571 g/mol. The molecule has 3 aromatic rings. The molecule has 0 spiro atoms. The van der Waals surface area contributed by atoms with Crippen LogP contribution in [0.15, 0.2) is 53.4 Å². The van der Waals surface area contributed by atoms with Gasteiger partial charge in [0.2, 0.25) is 0 Å². The quantitative estimate of drug-likeness (QED) is 0.310. The second-order valence-electron chi connectivity index (χ2n) is 9.44. The minimum atomic E-state index is -4.21. The van der Waals surface area contributed by atoms with E-state index in [-0.39, 0.29) is 13.2 Å². The Kier molecular flexibility index (Phi) is 8.32. The van der Waals surface area contributed by atoms with Crippen LogP contribution < -0.4 is 9.62 Å². The van der Waals surface area contributed by atoms with Gasteiger partial charge in [0, 0.05) is 35.1 Å². The third kappa shape index (κ3) is 6.16. The summed E-state index contributed by atoms with van der Waals surface area (Å²) in [5.41, 5.74) is 2.15. The maximum absolute atomic E-state index is 12.8. The number of aliphatic hydroxyl groups excluding tert-OH is 3. The molecule has 4 atom stereocenters. The number of allylic oxidation sites excluding steroid dienone is 1. The van der Waals surface area contributed by atoms with Crippen LogP contribution in [0.5, 0.6) is 0 Å². The fourth-order valence-electron chi connectivity index (χ4n) is 4.61. The standard InChI is InChI=1S/C27H29N3O7S2/c28-14-22(39(34,35)29-15-24-27(33)26(32)23(31)16-37-24)13-21-5-6-25(38-21)19-2-1-18-12-20(4-3-17(18)11-19)30-7-9-36-10-8-30/h1-6,11-13,23-24,26-27,29,31-33H,7-10,15-16H2/b22-13+/t23-,24+,26+,27+/m0/s1. The second-order valence-corrected chi connectivity index (χ2v) is 12.3. The number of hydrogen-bond donors (Lipinski definition) is 4. The lowest BCUT2D eigenvalue weighted by Crippen LogP contribution is -2.56. The summed E-state index contributed by atoms with van der Waals surface area (Å²) in [6.45, 7) is 2.58. The molecule has 5 rings (SSSR count). The molecule has 4 N–H and O–H groups in total. The van der Waals surface area contributed by atoms with Crippen molar-refractivity contribution in [2.75, 3.05) is 44.4 Å². The number of hydrogen-bond acceptors (Lipinski definition) is 10.